The number of allylic oxidation sites excluding steroid dienone is 6. The molecule has 1 heterocycles. The fourth-order valence-electron chi connectivity index (χ4n) is 4.27. The monoisotopic (exact) mass is 733 g/mol. The van der Waals surface area contributed by atoms with Crippen LogP contribution in [0.25, 0.3) is 0 Å². The van der Waals surface area contributed by atoms with Gasteiger partial charge in [-0.1, -0.05) is 79.3 Å². The Labute approximate surface area is 317 Å². The van der Waals surface area contributed by atoms with E-state index in [9.17, 15) is 9.59 Å². The predicted molar refractivity (Wildman–Crippen MR) is 219 cm³/mol. The number of amides is 1. The topological polar surface area (TPSA) is 144 Å². The number of hydrazine groups is 1. The van der Waals surface area contributed by atoms with E-state index in [0.717, 1.165) is 52.0 Å². The Bertz CT molecular complexity index is 1060. The Morgan fingerprint density at radius 2 is 1.79 bits per heavy atom. The van der Waals surface area contributed by atoms with Gasteiger partial charge in [0.1, 0.15) is 24.3 Å². The molecule has 1 fully saturated rings. The molecule has 11 heteroatoms. The fourth-order valence-corrected chi connectivity index (χ4v) is 4.27. The minimum Gasteiger partial charge on any atom is -0.488 e. The highest BCUT2D eigenvalue weighted by atomic mass is 16.5. The van der Waals surface area contributed by atoms with Gasteiger partial charge in [0.15, 0.2) is 0 Å². The Morgan fingerprint density at radius 3 is 2.35 bits per heavy atom. The zero-order valence-corrected chi connectivity index (χ0v) is 34.4. The summed E-state index contributed by atoms with van der Waals surface area (Å²) in [6.45, 7) is 25.5. The van der Waals surface area contributed by atoms with E-state index in [-0.39, 0.29) is 36.3 Å². The van der Waals surface area contributed by atoms with Crippen molar-refractivity contribution in [3.05, 3.63) is 78.1 Å². The van der Waals surface area contributed by atoms with Gasteiger partial charge < -0.3 is 45.3 Å². The molecule has 0 radical (unpaired) electrons. The average Bonchev–Trinajstić information content (AvgIpc) is 3.47. The number of nitrogens with zero attached hydrogens (tertiary/aromatic N) is 2. The summed E-state index contributed by atoms with van der Waals surface area (Å²) in [7, 11) is 3.24. The van der Waals surface area contributed by atoms with Gasteiger partial charge in [0.2, 0.25) is 0 Å². The second kappa shape index (κ2) is 38.8. The minimum absolute atomic E-state index is 0.0165. The van der Waals surface area contributed by atoms with Crippen molar-refractivity contribution in [2.24, 2.45) is 17.5 Å². The molecule has 0 saturated carbocycles. The highest BCUT2D eigenvalue weighted by molar-refractivity contribution is 5.93. The van der Waals surface area contributed by atoms with Gasteiger partial charge in [0.05, 0.1) is 18.4 Å². The molecule has 1 rings (SSSR count). The molecule has 300 valence electrons. The van der Waals surface area contributed by atoms with Crippen molar-refractivity contribution in [3.63, 3.8) is 0 Å². The van der Waals surface area contributed by atoms with E-state index < -0.39 is 0 Å². The molecule has 0 aliphatic carbocycles. The lowest BCUT2D eigenvalue weighted by atomic mass is 10.1. The van der Waals surface area contributed by atoms with Crippen LogP contribution >= 0.6 is 0 Å². The van der Waals surface area contributed by atoms with Gasteiger partial charge in [-0.05, 0) is 75.9 Å². The minimum atomic E-state index is -0.321. The number of aldehydes is 1. The molecule has 2 atom stereocenters. The number of nitrogens with one attached hydrogen (secondary N) is 2. The van der Waals surface area contributed by atoms with Crippen molar-refractivity contribution in [2.45, 2.75) is 99.6 Å². The molecule has 1 aliphatic rings. The Kier molecular flexibility index (Phi) is 39.5. The van der Waals surface area contributed by atoms with Crippen molar-refractivity contribution >= 4 is 12.2 Å². The second-order valence-electron chi connectivity index (χ2n) is 11.9. The van der Waals surface area contributed by atoms with Crippen LogP contribution in [-0.2, 0) is 23.8 Å². The molecule has 6 N–H and O–H groups in total. The first-order chi connectivity index (χ1) is 25.0. The maximum atomic E-state index is 13.6. The first-order valence-electron chi connectivity index (χ1n) is 19.0. The summed E-state index contributed by atoms with van der Waals surface area (Å²) in [5.74, 6) is 6.55. The molecule has 0 aromatic rings. The van der Waals surface area contributed by atoms with Crippen LogP contribution in [0.3, 0.4) is 0 Å². The summed E-state index contributed by atoms with van der Waals surface area (Å²) in [4.78, 5) is 26.4. The summed E-state index contributed by atoms with van der Waals surface area (Å²) < 4.78 is 16.4. The van der Waals surface area contributed by atoms with Crippen molar-refractivity contribution < 1.29 is 23.8 Å². The molecule has 0 bridgehead atoms. The first kappa shape index (κ1) is 52.9. The molecule has 0 spiro atoms. The average molecular weight is 733 g/mol. The normalized spacial score (nSPS) is 14.4. The van der Waals surface area contributed by atoms with Crippen molar-refractivity contribution in [1.82, 2.24) is 20.5 Å². The summed E-state index contributed by atoms with van der Waals surface area (Å²) in [6, 6.07) is -0.172. The standard InChI is InChI=1S/C25H47N5O4.C9H12.C5H11NO.C2H6/c1-8-10-13-22(15-20(5)33-7)34-18-23(29(6)27)24(26)25(32)30(17-19(3)4)21(12-11-14-31)16-28-9-2;1-3-5-7-9-8-6-4-2;1-2-6-3-5-7-4-1;1-2/h10,13-15,19-21,28H,8-9,11-12,16-18,26-27H2,1-7H3;3,5-6,8-9H,1,4H2,2H3;6H,1-5H2;1-2H3/b13-10-,22-15+,24-23-;;;. The van der Waals surface area contributed by atoms with Crippen molar-refractivity contribution in [3.8, 4) is 0 Å². The third-order valence-corrected chi connectivity index (χ3v) is 6.99. The molecule has 0 aromatic carbocycles. The van der Waals surface area contributed by atoms with Crippen LogP contribution in [0, 0.1) is 5.92 Å². The van der Waals surface area contributed by atoms with E-state index in [4.69, 9.17) is 25.8 Å². The Hall–Kier alpha value is -3.44. The quantitative estimate of drug-likeness (QED) is 0.0206. The number of ether oxygens (including phenoxy) is 3. The summed E-state index contributed by atoms with van der Waals surface area (Å²) in [5.41, 5.74) is 9.69. The Balaban J connectivity index is -0.00000108. The zero-order valence-electron chi connectivity index (χ0n) is 34.4. The largest absolute Gasteiger partial charge is 0.488 e. The summed E-state index contributed by atoms with van der Waals surface area (Å²) in [6.07, 6.45) is 19.8. The number of hydrogen-bond acceptors (Lipinski definition) is 10. The van der Waals surface area contributed by atoms with Crippen molar-refractivity contribution in [2.75, 3.05) is 66.7 Å². The number of carbonyl (C=O) groups excluding carboxylic acids is 2. The maximum Gasteiger partial charge on any atom is 0.272 e. The number of rotatable bonds is 21. The van der Waals surface area contributed by atoms with E-state index in [1.54, 1.807) is 31.2 Å². The summed E-state index contributed by atoms with van der Waals surface area (Å²) >= 11 is 0. The van der Waals surface area contributed by atoms with Crippen LogP contribution in [0.4, 0.5) is 0 Å². The van der Waals surface area contributed by atoms with Gasteiger partial charge >= 0.3 is 0 Å². The molecular formula is C41H76N6O5. The van der Waals surface area contributed by atoms with Gasteiger partial charge in [-0.2, -0.15) is 0 Å². The Morgan fingerprint density at radius 1 is 1.10 bits per heavy atom. The molecule has 0 aromatic heterocycles. The maximum absolute atomic E-state index is 13.6. The number of likely N-dealkylation sites (N-methyl/N-ethyl adjacent to an activating group) is 2. The number of hydrogen-bond donors (Lipinski definition) is 4. The van der Waals surface area contributed by atoms with E-state index in [0.29, 0.717) is 37.4 Å². The van der Waals surface area contributed by atoms with Crippen LogP contribution in [-0.4, -0.2) is 101 Å². The van der Waals surface area contributed by atoms with E-state index in [1.165, 1.54) is 11.4 Å². The van der Waals surface area contributed by atoms with Crippen LogP contribution in [0.2, 0.25) is 0 Å². The van der Waals surface area contributed by atoms with Crippen LogP contribution in [0.15, 0.2) is 78.1 Å². The number of methoxy groups -OCH3 is 1. The first-order valence-corrected chi connectivity index (χ1v) is 19.0. The van der Waals surface area contributed by atoms with E-state index >= 15 is 0 Å². The molecule has 2 unspecified atom stereocenters. The fraction of sp³-hybridized carbons (Fsp3) is 0.634. The third-order valence-electron chi connectivity index (χ3n) is 6.99. The predicted octanol–water partition coefficient (Wildman–Crippen LogP) is 6.18. The lowest BCUT2D eigenvalue weighted by Gasteiger charge is -2.34. The molecular weight excluding hydrogens is 656 g/mol. The van der Waals surface area contributed by atoms with Crippen LogP contribution in [0.1, 0.15) is 87.5 Å². The highest BCUT2D eigenvalue weighted by Crippen LogP contribution is 2.16. The van der Waals surface area contributed by atoms with Gasteiger partial charge in [0.25, 0.3) is 5.91 Å². The van der Waals surface area contributed by atoms with Gasteiger partial charge in [-0.3, -0.25) is 4.79 Å². The molecule has 1 saturated heterocycles. The molecule has 11 nitrogen and oxygen atoms in total. The van der Waals surface area contributed by atoms with Gasteiger partial charge in [-0.15, -0.1) is 5.73 Å². The van der Waals surface area contributed by atoms with E-state index in [1.807, 2.05) is 78.8 Å². The zero-order chi connectivity index (χ0) is 40.0. The van der Waals surface area contributed by atoms with Gasteiger partial charge in [0, 0.05) is 52.9 Å². The van der Waals surface area contributed by atoms with Crippen LogP contribution in [0.5, 0.6) is 0 Å². The van der Waals surface area contributed by atoms with E-state index in [2.05, 4.69) is 35.9 Å². The summed E-state index contributed by atoms with van der Waals surface area (Å²) in [5, 5.41) is 7.82. The molecule has 1 amide bonds. The lowest BCUT2D eigenvalue weighted by molar-refractivity contribution is -0.130. The van der Waals surface area contributed by atoms with Gasteiger partial charge in [-0.25, -0.2) is 5.84 Å². The second-order valence-corrected chi connectivity index (χ2v) is 11.9. The number of nitrogens with two attached hydrogens (primary N) is 2. The third kappa shape index (κ3) is 30.2. The lowest BCUT2D eigenvalue weighted by Crippen LogP contribution is -2.50. The van der Waals surface area contributed by atoms with Crippen molar-refractivity contribution in [1.29, 1.82) is 0 Å². The van der Waals surface area contributed by atoms with Crippen LogP contribution < -0.4 is 22.2 Å². The molecule has 52 heavy (non-hydrogen) atoms. The SMILES string of the molecule is C1CNCCOC1.C=CC=C=CC=CCC.CC.CC/C=C\C(=C/C(C)OC)OC/C(=C(/N)C(=O)N(CC(C)C)C(CCC=O)CNCC)N(C)N. The smallest absolute Gasteiger partial charge is 0.272 e. The number of carbonyl (C=O) groups is 2. The highest BCUT2D eigenvalue weighted by Gasteiger charge is 2.28. The molecule has 1 aliphatic heterocycles.